The Kier molecular flexibility index (Phi) is 4.51. The monoisotopic (exact) mass is 235 g/mol. The summed E-state index contributed by atoms with van der Waals surface area (Å²) in [5.41, 5.74) is 5.82. The first-order valence-corrected chi connectivity index (χ1v) is 6.98. The summed E-state index contributed by atoms with van der Waals surface area (Å²) < 4.78 is 27.8. The predicted molar refractivity (Wildman–Crippen MR) is 60.6 cm³/mol. The van der Waals surface area contributed by atoms with Crippen molar-refractivity contribution in [3.05, 3.63) is 0 Å². The highest BCUT2D eigenvalue weighted by atomic mass is 32.2. The molecule has 1 aliphatic carbocycles. The Balaban J connectivity index is 2.62. The number of nitrogens with one attached hydrogen (secondary N) is 1. The molecule has 90 valence electrons. The Labute approximate surface area is 92.2 Å². The maximum Gasteiger partial charge on any atom is 0.279 e. The van der Waals surface area contributed by atoms with Gasteiger partial charge in [0.25, 0.3) is 10.2 Å². The molecule has 1 aliphatic rings. The number of hydrogen-bond acceptors (Lipinski definition) is 3. The molecule has 0 bridgehead atoms. The summed E-state index contributed by atoms with van der Waals surface area (Å²) in [5.74, 6) is 0. The van der Waals surface area contributed by atoms with E-state index < -0.39 is 10.2 Å². The highest BCUT2D eigenvalue weighted by Gasteiger charge is 2.29. The average molecular weight is 235 g/mol. The van der Waals surface area contributed by atoms with Crippen LogP contribution in [-0.2, 0) is 10.2 Å². The van der Waals surface area contributed by atoms with E-state index in [1.165, 1.54) is 4.31 Å². The third kappa shape index (κ3) is 3.14. The summed E-state index contributed by atoms with van der Waals surface area (Å²) in [6.07, 6.45) is 2.76. The fourth-order valence-electron chi connectivity index (χ4n) is 1.96. The molecule has 1 saturated carbocycles. The molecule has 15 heavy (non-hydrogen) atoms. The molecule has 1 fully saturated rings. The highest BCUT2D eigenvalue weighted by Crippen LogP contribution is 2.18. The Bertz CT molecular complexity index is 288. The van der Waals surface area contributed by atoms with Gasteiger partial charge in [-0.1, -0.05) is 20.3 Å². The van der Waals surface area contributed by atoms with Gasteiger partial charge in [0.1, 0.15) is 0 Å². The molecule has 0 radical (unpaired) electrons. The number of nitrogens with zero attached hydrogens (tertiary/aromatic N) is 1. The number of nitrogens with two attached hydrogens (primary N) is 1. The van der Waals surface area contributed by atoms with Crippen molar-refractivity contribution in [2.45, 2.75) is 45.2 Å². The maximum atomic E-state index is 11.9. The van der Waals surface area contributed by atoms with Crippen LogP contribution in [0.3, 0.4) is 0 Å². The Hall–Kier alpha value is -0.170. The highest BCUT2D eigenvalue weighted by molar-refractivity contribution is 7.87. The van der Waals surface area contributed by atoms with E-state index in [1.807, 2.05) is 13.8 Å². The van der Waals surface area contributed by atoms with Crippen molar-refractivity contribution in [3.8, 4) is 0 Å². The topological polar surface area (TPSA) is 75.4 Å². The first kappa shape index (κ1) is 12.9. The van der Waals surface area contributed by atoms with Crippen LogP contribution in [0.1, 0.15) is 33.1 Å². The van der Waals surface area contributed by atoms with Gasteiger partial charge in [0.2, 0.25) is 0 Å². The smallest absolute Gasteiger partial charge is 0.279 e. The third-order valence-corrected chi connectivity index (χ3v) is 4.71. The summed E-state index contributed by atoms with van der Waals surface area (Å²) in [5, 5.41) is 0. The minimum Gasteiger partial charge on any atom is -0.326 e. The second-order valence-electron chi connectivity index (χ2n) is 3.91. The summed E-state index contributed by atoms with van der Waals surface area (Å²) in [4.78, 5) is 0. The molecule has 2 atom stereocenters. The van der Waals surface area contributed by atoms with Crippen LogP contribution in [0.15, 0.2) is 0 Å². The first-order valence-electron chi connectivity index (χ1n) is 5.54. The van der Waals surface area contributed by atoms with Crippen LogP contribution in [0.25, 0.3) is 0 Å². The Morgan fingerprint density at radius 2 is 1.93 bits per heavy atom. The average Bonchev–Trinajstić information content (AvgIpc) is 2.52. The molecular weight excluding hydrogens is 214 g/mol. The molecular formula is C9H21N3O2S. The van der Waals surface area contributed by atoms with Gasteiger partial charge < -0.3 is 5.73 Å². The second kappa shape index (κ2) is 5.25. The quantitative estimate of drug-likeness (QED) is 0.706. The molecule has 0 heterocycles. The number of hydrogen-bond donors (Lipinski definition) is 2. The lowest BCUT2D eigenvalue weighted by Gasteiger charge is -2.23. The molecule has 0 aromatic heterocycles. The standard InChI is InChI=1S/C9H21N3O2S/c1-3-12(4-2)15(13,14)11-9-7-5-6-8(9)10/h8-9,11H,3-7,10H2,1-2H3. The van der Waals surface area contributed by atoms with E-state index in [1.54, 1.807) is 0 Å². The van der Waals surface area contributed by atoms with Gasteiger partial charge in [-0.2, -0.15) is 17.4 Å². The van der Waals surface area contributed by atoms with Crippen molar-refractivity contribution < 1.29 is 8.42 Å². The lowest BCUT2D eigenvalue weighted by atomic mass is 10.2. The van der Waals surface area contributed by atoms with E-state index in [0.29, 0.717) is 13.1 Å². The third-order valence-electron chi connectivity index (χ3n) is 2.92. The van der Waals surface area contributed by atoms with Crippen molar-refractivity contribution in [2.75, 3.05) is 13.1 Å². The first-order chi connectivity index (χ1) is 7.01. The summed E-state index contributed by atoms with van der Waals surface area (Å²) in [7, 11) is -3.34. The Morgan fingerprint density at radius 1 is 1.33 bits per heavy atom. The van der Waals surface area contributed by atoms with Gasteiger partial charge in [-0.05, 0) is 12.8 Å². The summed E-state index contributed by atoms with van der Waals surface area (Å²) in [6, 6.07) is -0.120. The minimum atomic E-state index is -3.34. The van der Waals surface area contributed by atoms with Crippen molar-refractivity contribution >= 4 is 10.2 Å². The van der Waals surface area contributed by atoms with E-state index in [9.17, 15) is 8.42 Å². The van der Waals surface area contributed by atoms with Gasteiger partial charge in [-0.3, -0.25) is 0 Å². The maximum absolute atomic E-state index is 11.9. The van der Waals surface area contributed by atoms with Gasteiger partial charge in [0.05, 0.1) is 0 Å². The van der Waals surface area contributed by atoms with Crippen molar-refractivity contribution in [3.63, 3.8) is 0 Å². The van der Waals surface area contributed by atoms with Crippen LogP contribution < -0.4 is 10.5 Å². The van der Waals surface area contributed by atoms with Crippen molar-refractivity contribution in [1.82, 2.24) is 9.03 Å². The molecule has 6 heteroatoms. The van der Waals surface area contributed by atoms with Crippen LogP contribution in [-0.4, -0.2) is 37.9 Å². The van der Waals surface area contributed by atoms with Gasteiger partial charge in [-0.15, -0.1) is 0 Å². The molecule has 0 amide bonds. The molecule has 0 aliphatic heterocycles. The number of rotatable bonds is 5. The fraction of sp³-hybridized carbons (Fsp3) is 1.00. The van der Waals surface area contributed by atoms with Gasteiger partial charge in [-0.25, -0.2) is 0 Å². The van der Waals surface area contributed by atoms with E-state index >= 15 is 0 Å². The van der Waals surface area contributed by atoms with Crippen molar-refractivity contribution in [2.24, 2.45) is 5.73 Å². The van der Waals surface area contributed by atoms with Crippen LogP contribution in [0.2, 0.25) is 0 Å². The van der Waals surface area contributed by atoms with E-state index in [-0.39, 0.29) is 12.1 Å². The van der Waals surface area contributed by atoms with Crippen molar-refractivity contribution in [1.29, 1.82) is 0 Å². The van der Waals surface area contributed by atoms with Crippen LogP contribution >= 0.6 is 0 Å². The normalized spacial score (nSPS) is 27.5. The molecule has 0 aromatic carbocycles. The van der Waals surface area contributed by atoms with E-state index in [2.05, 4.69) is 4.72 Å². The van der Waals surface area contributed by atoms with Crippen LogP contribution in [0.4, 0.5) is 0 Å². The molecule has 3 N–H and O–H groups in total. The summed E-state index contributed by atoms with van der Waals surface area (Å²) >= 11 is 0. The zero-order valence-electron chi connectivity index (χ0n) is 9.44. The van der Waals surface area contributed by atoms with Gasteiger partial charge in [0, 0.05) is 25.2 Å². The Morgan fingerprint density at radius 3 is 2.33 bits per heavy atom. The zero-order chi connectivity index (χ0) is 11.5. The summed E-state index contributed by atoms with van der Waals surface area (Å²) in [6.45, 7) is 4.65. The lowest BCUT2D eigenvalue weighted by Crippen LogP contribution is -2.49. The van der Waals surface area contributed by atoms with E-state index in [4.69, 9.17) is 5.73 Å². The second-order valence-corrected chi connectivity index (χ2v) is 5.61. The van der Waals surface area contributed by atoms with Gasteiger partial charge >= 0.3 is 0 Å². The molecule has 0 saturated heterocycles. The van der Waals surface area contributed by atoms with Crippen LogP contribution in [0, 0.1) is 0 Å². The van der Waals surface area contributed by atoms with Gasteiger partial charge in [0.15, 0.2) is 0 Å². The minimum absolute atomic E-state index is 0.0321. The van der Waals surface area contributed by atoms with E-state index in [0.717, 1.165) is 19.3 Å². The predicted octanol–water partition coefficient (Wildman–Crippen LogP) is 0.0424. The largest absolute Gasteiger partial charge is 0.326 e. The fourth-order valence-corrected chi connectivity index (χ4v) is 3.47. The van der Waals surface area contributed by atoms with Crippen LogP contribution in [0.5, 0.6) is 0 Å². The molecule has 0 aromatic rings. The zero-order valence-corrected chi connectivity index (χ0v) is 10.3. The molecule has 1 rings (SSSR count). The molecule has 2 unspecified atom stereocenters. The molecule has 0 spiro atoms. The SMILES string of the molecule is CCN(CC)S(=O)(=O)NC1CCCC1N. The lowest BCUT2D eigenvalue weighted by molar-refractivity contribution is 0.419. The molecule has 5 nitrogen and oxygen atoms in total.